The van der Waals surface area contributed by atoms with Gasteiger partial charge in [0.25, 0.3) is 0 Å². The van der Waals surface area contributed by atoms with Gasteiger partial charge < -0.3 is 34.2 Å². The molecular formula is C75H124O16P2. The zero-order valence-corrected chi connectivity index (χ0v) is 59.2. The maximum absolute atomic E-state index is 12.9. The van der Waals surface area contributed by atoms with Crippen LogP contribution in [-0.4, -0.2) is 95.9 Å². The molecule has 0 aliphatic heterocycles. The van der Waals surface area contributed by atoms with Crippen LogP contribution >= 0.6 is 15.6 Å². The summed E-state index contributed by atoms with van der Waals surface area (Å²) in [6, 6.07) is 0. The molecule has 93 heavy (non-hydrogen) atoms. The average molecular weight is 1340 g/mol. The Hall–Kier alpha value is -4.57. The van der Waals surface area contributed by atoms with Crippen molar-refractivity contribution < 1.29 is 75.8 Å². The molecule has 0 saturated heterocycles. The Morgan fingerprint density at radius 3 is 0.903 bits per heavy atom. The van der Waals surface area contributed by atoms with Gasteiger partial charge >= 0.3 is 33.6 Å². The summed E-state index contributed by atoms with van der Waals surface area (Å²) in [6.45, 7) is 2.33. The first kappa shape index (κ1) is 88.4. The predicted molar refractivity (Wildman–Crippen MR) is 380 cm³/mol. The summed E-state index contributed by atoms with van der Waals surface area (Å²) in [5.74, 6) is -1.64. The molecule has 16 nitrogen and oxygen atoms in total. The van der Waals surface area contributed by atoms with Crippen molar-refractivity contribution in [3.05, 3.63) is 146 Å². The van der Waals surface area contributed by atoms with E-state index in [9.17, 15) is 43.5 Å². The maximum atomic E-state index is 12.9. The zero-order chi connectivity index (χ0) is 68.1. The summed E-state index contributed by atoms with van der Waals surface area (Å²) in [6.07, 6.45) is 80.3. The highest BCUT2D eigenvalue weighted by atomic mass is 31.2. The summed E-state index contributed by atoms with van der Waals surface area (Å²) in [5, 5.41) is 20.6. The topological polar surface area (TPSA) is 231 Å². The lowest BCUT2D eigenvalue weighted by Crippen LogP contribution is -2.30. The molecule has 4 N–H and O–H groups in total. The molecule has 0 spiro atoms. The van der Waals surface area contributed by atoms with Crippen molar-refractivity contribution in [2.75, 3.05) is 39.6 Å². The third-order valence-corrected chi connectivity index (χ3v) is 15.9. The molecule has 0 radical (unpaired) electrons. The van der Waals surface area contributed by atoms with Crippen molar-refractivity contribution in [3.8, 4) is 0 Å². The van der Waals surface area contributed by atoms with Gasteiger partial charge in [0.15, 0.2) is 6.10 Å². The molecule has 0 fully saturated rings. The standard InChI is InChI=1S/C75H124O16P2/c1-4-7-10-13-16-19-22-25-28-31-33-34-36-39-40-43-46-49-52-55-58-61-73(78)85-64-70(76)65-87-92(81,82)88-66-71(77)67-89-93(83,84)90-69-72(91-75(80)63-60-57-54-51-48-45-42-37-30-27-24-21-18-15-12-9-6-3)68-86-74(79)62-59-56-53-50-47-44-41-38-35-32-29-26-23-20-17-14-11-8-5-2/h7,9-10,12,16-21,25-30,33-35,38-40,42,45,70-72,76-77H,4-6,8,11,13-15,22-24,31-32,36-37,41,43-44,46-69H2,1-3H3,(H,81,82)(H,83,84)/b10-7-,12-9-,19-16-,20-17-,21-18-,28-25-,29-26-,30-27-,34-33-,38-35-,40-39-,45-42-. The van der Waals surface area contributed by atoms with Crippen LogP contribution in [-0.2, 0) is 55.8 Å². The first-order chi connectivity index (χ1) is 45.2. The van der Waals surface area contributed by atoms with Gasteiger partial charge in [-0.2, -0.15) is 0 Å². The molecule has 530 valence electrons. The number of aliphatic hydroxyl groups excluding tert-OH is 2. The second kappa shape index (κ2) is 67.4. The Labute approximate surface area is 562 Å². The minimum absolute atomic E-state index is 0.0682. The van der Waals surface area contributed by atoms with Crippen LogP contribution in [0.25, 0.3) is 0 Å². The van der Waals surface area contributed by atoms with E-state index in [1.807, 2.05) is 0 Å². The second-order valence-corrected chi connectivity index (χ2v) is 25.8. The Balaban J connectivity index is 4.75. The van der Waals surface area contributed by atoms with E-state index in [0.717, 1.165) is 173 Å². The van der Waals surface area contributed by atoms with Crippen LogP contribution in [0.3, 0.4) is 0 Å². The molecule has 18 heteroatoms. The van der Waals surface area contributed by atoms with Crippen LogP contribution in [0.1, 0.15) is 252 Å². The van der Waals surface area contributed by atoms with E-state index in [0.29, 0.717) is 19.3 Å². The van der Waals surface area contributed by atoms with Gasteiger partial charge in [-0.3, -0.25) is 32.5 Å². The molecule has 5 atom stereocenters. The number of rotatable bonds is 65. The summed E-state index contributed by atoms with van der Waals surface area (Å²) in [7, 11) is -9.81. The van der Waals surface area contributed by atoms with Gasteiger partial charge in [0.2, 0.25) is 0 Å². The largest absolute Gasteiger partial charge is 0.472 e. The van der Waals surface area contributed by atoms with Gasteiger partial charge in [-0.1, -0.05) is 237 Å². The van der Waals surface area contributed by atoms with E-state index in [2.05, 4.69) is 167 Å². The molecule has 5 unspecified atom stereocenters. The lowest BCUT2D eigenvalue weighted by molar-refractivity contribution is -0.161. The van der Waals surface area contributed by atoms with Crippen LogP contribution in [0.15, 0.2) is 146 Å². The van der Waals surface area contributed by atoms with E-state index in [-0.39, 0.29) is 19.3 Å². The van der Waals surface area contributed by atoms with Crippen molar-refractivity contribution in [2.45, 2.75) is 270 Å². The molecule has 0 heterocycles. The second-order valence-electron chi connectivity index (χ2n) is 22.9. The fourth-order valence-corrected chi connectivity index (χ4v) is 10.3. The van der Waals surface area contributed by atoms with Crippen LogP contribution in [0, 0.1) is 0 Å². The fraction of sp³-hybridized carbons (Fsp3) is 0.640. The van der Waals surface area contributed by atoms with Crippen LogP contribution in [0.5, 0.6) is 0 Å². The van der Waals surface area contributed by atoms with Gasteiger partial charge in [-0.05, 0) is 141 Å². The normalized spacial score (nSPS) is 15.0. The molecular weight excluding hydrogens is 1220 g/mol. The Kier molecular flexibility index (Phi) is 64.1. The third kappa shape index (κ3) is 68.6. The Morgan fingerprint density at radius 1 is 0.312 bits per heavy atom. The van der Waals surface area contributed by atoms with E-state index in [1.165, 1.54) is 19.3 Å². The summed E-state index contributed by atoms with van der Waals surface area (Å²) < 4.78 is 60.9. The molecule has 0 bridgehead atoms. The van der Waals surface area contributed by atoms with E-state index >= 15 is 0 Å². The molecule has 0 rings (SSSR count). The van der Waals surface area contributed by atoms with Crippen LogP contribution < -0.4 is 0 Å². The Morgan fingerprint density at radius 2 is 0.570 bits per heavy atom. The van der Waals surface area contributed by atoms with Crippen molar-refractivity contribution in [2.24, 2.45) is 0 Å². The van der Waals surface area contributed by atoms with Gasteiger partial charge in [0, 0.05) is 19.3 Å². The summed E-state index contributed by atoms with van der Waals surface area (Å²) >= 11 is 0. The van der Waals surface area contributed by atoms with Crippen molar-refractivity contribution in [1.82, 2.24) is 0 Å². The molecule has 0 amide bonds. The molecule has 0 saturated carbocycles. The number of phosphoric ester groups is 2. The zero-order valence-electron chi connectivity index (χ0n) is 57.4. The fourth-order valence-electron chi connectivity index (χ4n) is 8.71. The predicted octanol–water partition coefficient (Wildman–Crippen LogP) is 19.8. The number of ether oxygens (including phenoxy) is 3. The van der Waals surface area contributed by atoms with Crippen LogP contribution in [0.2, 0.25) is 0 Å². The number of hydrogen-bond acceptors (Lipinski definition) is 14. The quantitative estimate of drug-likeness (QED) is 0.0146. The summed E-state index contributed by atoms with van der Waals surface area (Å²) in [4.78, 5) is 58.5. The number of esters is 3. The molecule has 0 aromatic heterocycles. The highest BCUT2D eigenvalue weighted by Crippen LogP contribution is 2.45. The van der Waals surface area contributed by atoms with Crippen molar-refractivity contribution in [3.63, 3.8) is 0 Å². The number of aliphatic hydroxyl groups is 2. The number of allylic oxidation sites excluding steroid dienone is 24. The highest BCUT2D eigenvalue weighted by Gasteiger charge is 2.29. The maximum Gasteiger partial charge on any atom is 0.472 e. The minimum Gasteiger partial charge on any atom is -0.463 e. The SMILES string of the molecule is CC/C=C\C/C=C\C/C=C\C/C=C\C/C=C\CCCCCCCC(=O)OCC(O)COP(=O)(O)OCC(O)COP(=O)(O)OCC(COC(=O)CCCCCCCC/C=C\C/C=C\C/C=C\CCCCC)OC(=O)CCCCCC/C=C\C/C=C\C/C=C\C/C=C\CC. The van der Waals surface area contributed by atoms with Gasteiger partial charge in [0.1, 0.15) is 25.4 Å². The van der Waals surface area contributed by atoms with Crippen molar-refractivity contribution >= 4 is 33.6 Å². The number of hydrogen-bond donors (Lipinski definition) is 4. The minimum atomic E-state index is -4.94. The van der Waals surface area contributed by atoms with Crippen LogP contribution in [0.4, 0.5) is 0 Å². The third-order valence-electron chi connectivity index (χ3n) is 14.0. The van der Waals surface area contributed by atoms with Gasteiger partial charge in [0.05, 0.1) is 26.4 Å². The first-order valence-electron chi connectivity index (χ1n) is 35.1. The Bertz CT molecular complexity index is 2280. The highest BCUT2D eigenvalue weighted by molar-refractivity contribution is 7.47. The van der Waals surface area contributed by atoms with Crippen molar-refractivity contribution in [1.29, 1.82) is 0 Å². The first-order valence-corrected chi connectivity index (χ1v) is 38.1. The number of carbonyl (C=O) groups excluding carboxylic acids is 3. The van der Waals surface area contributed by atoms with E-state index < -0.39 is 91.5 Å². The molecule has 0 aromatic rings. The number of unbranched alkanes of at least 4 members (excludes halogenated alkanes) is 18. The molecule has 0 aliphatic rings. The average Bonchev–Trinajstić information content (AvgIpc) is 3.72. The number of carbonyl (C=O) groups is 3. The van der Waals surface area contributed by atoms with Gasteiger partial charge in [-0.25, -0.2) is 9.13 Å². The van der Waals surface area contributed by atoms with Gasteiger partial charge in [-0.15, -0.1) is 0 Å². The monoisotopic (exact) mass is 1340 g/mol. The molecule has 0 aliphatic carbocycles. The molecule has 0 aromatic carbocycles. The smallest absolute Gasteiger partial charge is 0.463 e. The lowest BCUT2D eigenvalue weighted by atomic mass is 10.1. The number of phosphoric acid groups is 2. The van der Waals surface area contributed by atoms with E-state index in [4.69, 9.17) is 32.3 Å². The summed E-state index contributed by atoms with van der Waals surface area (Å²) in [5.41, 5.74) is 0. The lowest BCUT2D eigenvalue weighted by Gasteiger charge is -2.21. The van der Waals surface area contributed by atoms with E-state index in [1.54, 1.807) is 0 Å².